The van der Waals surface area contributed by atoms with E-state index < -0.39 is 23.6 Å². The summed E-state index contributed by atoms with van der Waals surface area (Å²) >= 11 is 0. The van der Waals surface area contributed by atoms with E-state index in [1.807, 2.05) is 0 Å². The molecule has 0 saturated heterocycles. The standard InChI is InChI=1S/C19H25N3O7/c1-28-17(25)5-3-2-4-10-20-15(24)8-6-13-11-22(19(27)21-18(13)26)16-9-7-14(12-23)29-16/h6-9,11,14,16,23H,2-5,10,12H2,1H3,(H,20,24)(H,21,26,27)/b8-6+. The zero-order valence-electron chi connectivity index (χ0n) is 16.1. The van der Waals surface area contributed by atoms with Crippen LogP contribution in [0.2, 0.25) is 0 Å². The smallest absolute Gasteiger partial charge is 0.330 e. The summed E-state index contributed by atoms with van der Waals surface area (Å²) < 4.78 is 11.2. The summed E-state index contributed by atoms with van der Waals surface area (Å²) in [5.41, 5.74) is -1.17. The fraction of sp³-hybridized carbons (Fsp3) is 0.474. The van der Waals surface area contributed by atoms with Crippen LogP contribution in [-0.4, -0.2) is 52.9 Å². The number of aliphatic hydroxyl groups is 1. The lowest BCUT2D eigenvalue weighted by Crippen LogP contribution is -2.33. The third-order valence-corrected chi connectivity index (χ3v) is 4.25. The SMILES string of the molecule is COC(=O)CCCCCNC(=O)/C=C/c1cn(C2C=CC(CO)O2)c(=O)[nH]c1=O. The van der Waals surface area contributed by atoms with Gasteiger partial charge in [-0.1, -0.05) is 12.5 Å². The largest absolute Gasteiger partial charge is 0.469 e. The molecule has 1 aromatic rings. The molecule has 1 aromatic heterocycles. The maximum atomic E-state index is 12.0. The summed E-state index contributed by atoms with van der Waals surface area (Å²) in [5, 5.41) is 11.8. The van der Waals surface area contributed by atoms with Crippen LogP contribution in [0.5, 0.6) is 0 Å². The number of aromatic amines is 1. The van der Waals surface area contributed by atoms with Gasteiger partial charge in [-0.25, -0.2) is 4.79 Å². The number of hydrogen-bond acceptors (Lipinski definition) is 7. The Kier molecular flexibility index (Phi) is 8.56. The van der Waals surface area contributed by atoms with Crippen LogP contribution in [0.25, 0.3) is 6.08 Å². The molecule has 10 heteroatoms. The molecule has 10 nitrogen and oxygen atoms in total. The summed E-state index contributed by atoms with van der Waals surface area (Å²) in [6, 6.07) is 0. The molecular formula is C19H25N3O7. The van der Waals surface area contributed by atoms with Crippen LogP contribution in [-0.2, 0) is 19.1 Å². The number of amides is 1. The maximum Gasteiger partial charge on any atom is 0.330 e. The molecule has 0 fully saturated rings. The number of unbranched alkanes of at least 4 members (excludes halogenated alkanes) is 2. The Hall–Kier alpha value is -2.98. The van der Waals surface area contributed by atoms with Crippen molar-refractivity contribution < 1.29 is 24.2 Å². The van der Waals surface area contributed by atoms with Gasteiger partial charge >= 0.3 is 11.7 Å². The van der Waals surface area contributed by atoms with Crippen molar-refractivity contribution in [3.63, 3.8) is 0 Å². The highest BCUT2D eigenvalue weighted by molar-refractivity contribution is 5.91. The van der Waals surface area contributed by atoms with Crippen molar-refractivity contribution in [2.45, 2.75) is 38.0 Å². The minimum atomic E-state index is -0.748. The number of aromatic nitrogens is 2. The van der Waals surface area contributed by atoms with Crippen LogP contribution in [0.15, 0.2) is 34.0 Å². The second kappa shape index (κ2) is 11.1. The molecule has 2 unspecified atom stereocenters. The Morgan fingerprint density at radius 1 is 1.31 bits per heavy atom. The van der Waals surface area contributed by atoms with Gasteiger partial charge < -0.3 is 19.9 Å². The molecule has 2 atom stereocenters. The number of esters is 1. The molecule has 1 aliphatic heterocycles. The third kappa shape index (κ3) is 6.84. The van der Waals surface area contributed by atoms with Gasteiger partial charge in [0.25, 0.3) is 5.56 Å². The lowest BCUT2D eigenvalue weighted by atomic mass is 10.2. The minimum Gasteiger partial charge on any atom is -0.469 e. The number of nitrogens with one attached hydrogen (secondary N) is 2. The predicted octanol–water partition coefficient (Wildman–Crippen LogP) is -0.155. The molecule has 0 aliphatic carbocycles. The minimum absolute atomic E-state index is 0.113. The molecule has 2 rings (SSSR count). The molecule has 0 spiro atoms. The fourth-order valence-electron chi connectivity index (χ4n) is 2.67. The summed E-state index contributed by atoms with van der Waals surface area (Å²) in [7, 11) is 1.34. The van der Waals surface area contributed by atoms with Gasteiger partial charge in [0.05, 0.1) is 19.3 Å². The molecule has 0 bridgehead atoms. The van der Waals surface area contributed by atoms with Gasteiger partial charge in [0.2, 0.25) is 5.91 Å². The Morgan fingerprint density at radius 3 is 2.79 bits per heavy atom. The average molecular weight is 407 g/mol. The van der Waals surface area contributed by atoms with Crippen molar-refractivity contribution in [2.24, 2.45) is 0 Å². The van der Waals surface area contributed by atoms with Crippen molar-refractivity contribution >= 4 is 18.0 Å². The maximum absolute atomic E-state index is 12.0. The third-order valence-electron chi connectivity index (χ3n) is 4.25. The molecule has 2 heterocycles. The summed E-state index contributed by atoms with van der Waals surface area (Å²) in [5.74, 6) is -0.638. The molecule has 0 radical (unpaired) electrons. The Morgan fingerprint density at radius 2 is 2.10 bits per heavy atom. The van der Waals surface area contributed by atoms with Crippen LogP contribution < -0.4 is 16.6 Å². The Balaban J connectivity index is 1.88. The van der Waals surface area contributed by atoms with Crippen LogP contribution >= 0.6 is 0 Å². The predicted molar refractivity (Wildman–Crippen MR) is 104 cm³/mol. The number of hydrogen-bond donors (Lipinski definition) is 3. The monoisotopic (exact) mass is 407 g/mol. The molecule has 1 amide bonds. The molecule has 0 aromatic carbocycles. The lowest BCUT2D eigenvalue weighted by Gasteiger charge is -2.15. The van der Waals surface area contributed by atoms with Crippen molar-refractivity contribution in [1.82, 2.24) is 14.9 Å². The highest BCUT2D eigenvalue weighted by atomic mass is 16.5. The van der Waals surface area contributed by atoms with Crippen molar-refractivity contribution in [3.05, 3.63) is 50.8 Å². The first-order valence-corrected chi connectivity index (χ1v) is 9.27. The topological polar surface area (TPSA) is 140 Å². The van der Waals surface area contributed by atoms with Crippen LogP contribution in [0.3, 0.4) is 0 Å². The van der Waals surface area contributed by atoms with Gasteiger partial charge in [0.15, 0.2) is 6.23 Å². The van der Waals surface area contributed by atoms with E-state index >= 15 is 0 Å². The molecule has 1 aliphatic rings. The lowest BCUT2D eigenvalue weighted by molar-refractivity contribution is -0.140. The van der Waals surface area contributed by atoms with E-state index in [2.05, 4.69) is 15.0 Å². The number of methoxy groups -OCH3 is 1. The van der Waals surface area contributed by atoms with Crippen molar-refractivity contribution in [2.75, 3.05) is 20.3 Å². The van der Waals surface area contributed by atoms with Gasteiger partial charge in [-0.05, 0) is 25.0 Å². The normalized spacial score (nSPS) is 18.3. The molecule has 0 saturated carbocycles. The zero-order chi connectivity index (χ0) is 21.2. The summed E-state index contributed by atoms with van der Waals surface area (Å²) in [6.07, 6.45) is 8.28. The molecule has 3 N–H and O–H groups in total. The number of nitrogens with zero attached hydrogens (tertiary/aromatic N) is 1. The number of H-pyrrole nitrogens is 1. The van der Waals surface area contributed by atoms with Crippen LogP contribution in [0.1, 0.15) is 37.5 Å². The van der Waals surface area contributed by atoms with Crippen LogP contribution in [0.4, 0.5) is 0 Å². The van der Waals surface area contributed by atoms with Crippen LogP contribution in [0, 0.1) is 0 Å². The average Bonchev–Trinajstić information content (AvgIpc) is 3.18. The number of carbonyl (C=O) groups excluding carboxylic acids is 2. The first-order valence-electron chi connectivity index (χ1n) is 9.27. The molecule has 158 valence electrons. The first-order chi connectivity index (χ1) is 13.9. The number of rotatable bonds is 10. The van der Waals surface area contributed by atoms with E-state index in [9.17, 15) is 19.2 Å². The number of aliphatic hydroxyl groups excluding tert-OH is 1. The zero-order valence-corrected chi connectivity index (χ0v) is 16.1. The summed E-state index contributed by atoms with van der Waals surface area (Å²) in [4.78, 5) is 49.0. The highest BCUT2D eigenvalue weighted by Crippen LogP contribution is 2.19. The van der Waals surface area contributed by atoms with E-state index in [0.717, 1.165) is 6.42 Å². The first kappa shape index (κ1) is 22.3. The number of carbonyl (C=O) groups is 2. The van der Waals surface area contributed by atoms with E-state index in [0.29, 0.717) is 25.8 Å². The number of ether oxygens (including phenoxy) is 2. The molecular weight excluding hydrogens is 382 g/mol. The fourth-order valence-corrected chi connectivity index (χ4v) is 2.67. The summed E-state index contributed by atoms with van der Waals surface area (Å²) in [6.45, 7) is 0.212. The van der Waals surface area contributed by atoms with Crippen molar-refractivity contribution in [3.8, 4) is 0 Å². The highest BCUT2D eigenvalue weighted by Gasteiger charge is 2.21. The van der Waals surface area contributed by atoms with E-state index in [1.54, 1.807) is 12.2 Å². The van der Waals surface area contributed by atoms with Gasteiger partial charge in [0, 0.05) is 25.2 Å². The van der Waals surface area contributed by atoms with E-state index in [1.165, 1.54) is 30.0 Å². The molecule has 29 heavy (non-hydrogen) atoms. The Labute approximate surface area is 166 Å². The van der Waals surface area contributed by atoms with Gasteiger partial charge in [-0.3, -0.25) is 23.9 Å². The van der Waals surface area contributed by atoms with E-state index in [4.69, 9.17) is 9.84 Å². The van der Waals surface area contributed by atoms with Gasteiger partial charge in [-0.2, -0.15) is 0 Å². The van der Waals surface area contributed by atoms with Gasteiger partial charge in [-0.15, -0.1) is 0 Å². The second-order valence-electron chi connectivity index (χ2n) is 6.39. The second-order valence-corrected chi connectivity index (χ2v) is 6.39. The quantitative estimate of drug-likeness (QED) is 0.212. The van der Waals surface area contributed by atoms with Gasteiger partial charge in [0.1, 0.15) is 6.10 Å². The van der Waals surface area contributed by atoms with Crippen molar-refractivity contribution in [1.29, 1.82) is 0 Å². The Bertz CT molecular complexity index is 885. The van der Waals surface area contributed by atoms with E-state index in [-0.39, 0.29) is 24.0 Å².